The van der Waals surface area contributed by atoms with Gasteiger partial charge in [-0.05, 0) is 37.0 Å². The van der Waals surface area contributed by atoms with Crippen LogP contribution >= 0.6 is 11.3 Å². The summed E-state index contributed by atoms with van der Waals surface area (Å²) < 4.78 is 52.8. The average molecular weight is 449 g/mol. The van der Waals surface area contributed by atoms with Gasteiger partial charge in [0.15, 0.2) is 15.0 Å². The molecular weight excluding hydrogens is 426 g/mol. The Balaban J connectivity index is 1.45. The van der Waals surface area contributed by atoms with Gasteiger partial charge in [0.25, 0.3) is 0 Å². The molecular formula is C22H22F2N2O2S2. The van der Waals surface area contributed by atoms with Gasteiger partial charge >= 0.3 is 0 Å². The van der Waals surface area contributed by atoms with E-state index >= 15 is 0 Å². The molecule has 0 N–H and O–H groups in total. The van der Waals surface area contributed by atoms with Crippen LogP contribution in [0.25, 0.3) is 11.3 Å². The van der Waals surface area contributed by atoms with Gasteiger partial charge in [-0.1, -0.05) is 31.2 Å². The van der Waals surface area contributed by atoms with Gasteiger partial charge in [0, 0.05) is 30.1 Å². The molecule has 158 valence electrons. The number of piperidine rings is 1. The summed E-state index contributed by atoms with van der Waals surface area (Å²) in [7, 11) is -3.84. The number of nitrogens with zero attached hydrogens (tertiary/aromatic N) is 2. The molecule has 0 radical (unpaired) electrons. The van der Waals surface area contributed by atoms with Crippen LogP contribution in [0.5, 0.6) is 0 Å². The molecule has 0 saturated carbocycles. The van der Waals surface area contributed by atoms with Crippen molar-refractivity contribution in [3.8, 4) is 11.3 Å². The van der Waals surface area contributed by atoms with Crippen LogP contribution in [0.2, 0.25) is 0 Å². The summed E-state index contributed by atoms with van der Waals surface area (Å²) in [4.78, 5) is 6.37. The molecule has 0 bridgehead atoms. The molecule has 1 saturated heterocycles. The molecule has 0 atom stereocenters. The van der Waals surface area contributed by atoms with Crippen LogP contribution in [0, 0.1) is 11.6 Å². The van der Waals surface area contributed by atoms with Crippen molar-refractivity contribution >= 4 is 26.3 Å². The van der Waals surface area contributed by atoms with Crippen molar-refractivity contribution in [2.45, 2.75) is 36.3 Å². The van der Waals surface area contributed by atoms with Crippen molar-refractivity contribution in [2.75, 3.05) is 18.0 Å². The Labute approximate surface area is 179 Å². The summed E-state index contributed by atoms with van der Waals surface area (Å²) >= 11 is 1.53. The Bertz CT molecular complexity index is 1140. The van der Waals surface area contributed by atoms with Gasteiger partial charge < -0.3 is 4.90 Å². The maximum absolute atomic E-state index is 14.0. The zero-order chi connectivity index (χ0) is 21.3. The normalized spacial score (nSPS) is 15.5. The minimum Gasteiger partial charge on any atom is -0.348 e. The molecule has 1 aliphatic rings. The van der Waals surface area contributed by atoms with Crippen molar-refractivity contribution in [3.05, 3.63) is 65.0 Å². The topological polar surface area (TPSA) is 50.3 Å². The molecule has 0 amide bonds. The van der Waals surface area contributed by atoms with Crippen molar-refractivity contribution < 1.29 is 17.2 Å². The molecule has 4 rings (SSSR count). The third-order valence-corrected chi connectivity index (χ3v) is 8.70. The predicted molar refractivity (Wildman–Crippen MR) is 116 cm³/mol. The van der Waals surface area contributed by atoms with E-state index in [1.807, 2.05) is 5.38 Å². The van der Waals surface area contributed by atoms with E-state index in [0.717, 1.165) is 34.9 Å². The highest BCUT2D eigenvalue weighted by molar-refractivity contribution is 7.92. The quantitative estimate of drug-likeness (QED) is 0.510. The lowest BCUT2D eigenvalue weighted by Crippen LogP contribution is -2.39. The first kappa shape index (κ1) is 20.9. The highest BCUT2D eigenvalue weighted by atomic mass is 32.2. The maximum atomic E-state index is 14.0. The summed E-state index contributed by atoms with van der Waals surface area (Å²) in [5.41, 5.74) is 3.23. The minimum atomic E-state index is -3.84. The first-order chi connectivity index (χ1) is 14.4. The number of aryl methyl sites for hydroxylation is 1. The van der Waals surface area contributed by atoms with Crippen molar-refractivity contribution in [2.24, 2.45) is 0 Å². The standard InChI is InChI=1S/C22H22F2N2O2S2/c1-2-15-3-5-16(6-4-15)20-14-29-22(25-20)26-11-9-18(10-12-26)30(27,28)21-8-7-17(23)13-19(21)24/h3-8,13-14,18H,2,9-12H2,1H3. The van der Waals surface area contributed by atoms with Gasteiger partial charge in [-0.25, -0.2) is 22.2 Å². The Hall–Kier alpha value is -2.32. The van der Waals surface area contributed by atoms with E-state index in [4.69, 9.17) is 4.98 Å². The van der Waals surface area contributed by atoms with Crippen LogP contribution in [-0.4, -0.2) is 31.7 Å². The fraction of sp³-hybridized carbons (Fsp3) is 0.318. The van der Waals surface area contributed by atoms with Crippen molar-refractivity contribution in [1.29, 1.82) is 0 Å². The van der Waals surface area contributed by atoms with E-state index in [1.165, 1.54) is 16.9 Å². The monoisotopic (exact) mass is 448 g/mol. The Morgan fingerprint density at radius 3 is 2.43 bits per heavy atom. The zero-order valence-electron chi connectivity index (χ0n) is 16.5. The highest BCUT2D eigenvalue weighted by Crippen LogP contribution is 2.32. The molecule has 8 heteroatoms. The number of hydrogen-bond donors (Lipinski definition) is 0. The predicted octanol–water partition coefficient (Wildman–Crippen LogP) is 5.09. The fourth-order valence-corrected chi connectivity index (χ4v) is 6.36. The van der Waals surface area contributed by atoms with Gasteiger partial charge in [0.1, 0.15) is 16.5 Å². The number of sulfone groups is 1. The fourth-order valence-electron chi connectivity index (χ4n) is 3.70. The summed E-state index contributed by atoms with van der Waals surface area (Å²) in [6.07, 6.45) is 1.74. The number of rotatable bonds is 5. The SMILES string of the molecule is CCc1ccc(-c2csc(N3CCC(S(=O)(=O)c4ccc(F)cc4F)CC3)n2)cc1. The maximum Gasteiger partial charge on any atom is 0.185 e. The lowest BCUT2D eigenvalue weighted by molar-refractivity contribution is 0.516. The summed E-state index contributed by atoms with van der Waals surface area (Å²) in [6.45, 7) is 3.16. The Kier molecular flexibility index (Phi) is 5.88. The number of halogens is 2. The molecule has 2 heterocycles. The van der Waals surface area contributed by atoms with Crippen molar-refractivity contribution in [1.82, 2.24) is 4.98 Å². The molecule has 1 aliphatic heterocycles. The molecule has 0 spiro atoms. The molecule has 2 aromatic carbocycles. The second-order valence-electron chi connectivity index (χ2n) is 7.37. The number of thiazole rings is 1. The van der Waals surface area contributed by atoms with E-state index < -0.39 is 31.6 Å². The molecule has 0 aliphatic carbocycles. The van der Waals surface area contributed by atoms with E-state index in [-0.39, 0.29) is 0 Å². The molecule has 1 aromatic heterocycles. The van der Waals surface area contributed by atoms with Crippen LogP contribution in [0.3, 0.4) is 0 Å². The van der Waals surface area contributed by atoms with E-state index in [9.17, 15) is 17.2 Å². The Morgan fingerprint density at radius 1 is 1.10 bits per heavy atom. The van der Waals surface area contributed by atoms with Gasteiger partial charge in [0.05, 0.1) is 10.9 Å². The summed E-state index contributed by atoms with van der Waals surface area (Å²) in [6, 6.07) is 10.9. The lowest BCUT2D eigenvalue weighted by atomic mass is 10.1. The molecule has 3 aromatic rings. The van der Waals surface area contributed by atoms with Crippen molar-refractivity contribution in [3.63, 3.8) is 0 Å². The van der Waals surface area contributed by atoms with Gasteiger partial charge in [-0.2, -0.15) is 0 Å². The first-order valence-electron chi connectivity index (χ1n) is 9.87. The second-order valence-corrected chi connectivity index (χ2v) is 10.4. The van der Waals surface area contributed by atoms with Gasteiger partial charge in [-0.3, -0.25) is 0 Å². The van der Waals surface area contributed by atoms with E-state index in [1.54, 1.807) is 0 Å². The zero-order valence-corrected chi connectivity index (χ0v) is 18.1. The number of benzene rings is 2. The lowest BCUT2D eigenvalue weighted by Gasteiger charge is -2.31. The van der Waals surface area contributed by atoms with Crippen LogP contribution in [0.1, 0.15) is 25.3 Å². The van der Waals surface area contributed by atoms with Crippen LogP contribution in [0.15, 0.2) is 52.7 Å². The summed E-state index contributed by atoms with van der Waals surface area (Å²) in [5, 5.41) is 2.18. The smallest absolute Gasteiger partial charge is 0.185 e. The molecule has 1 fully saturated rings. The van der Waals surface area contributed by atoms with Crippen LogP contribution < -0.4 is 4.90 Å². The second kappa shape index (κ2) is 8.43. The largest absolute Gasteiger partial charge is 0.348 e. The van der Waals surface area contributed by atoms with Gasteiger partial charge in [0.2, 0.25) is 0 Å². The van der Waals surface area contributed by atoms with Crippen LogP contribution in [0.4, 0.5) is 13.9 Å². The third-order valence-electron chi connectivity index (χ3n) is 5.50. The Morgan fingerprint density at radius 2 is 1.80 bits per heavy atom. The minimum absolute atomic E-state index is 0.374. The van der Waals surface area contributed by atoms with E-state index in [0.29, 0.717) is 32.0 Å². The first-order valence-corrected chi connectivity index (χ1v) is 12.3. The molecule has 30 heavy (non-hydrogen) atoms. The van der Waals surface area contributed by atoms with Gasteiger partial charge in [-0.15, -0.1) is 11.3 Å². The summed E-state index contributed by atoms with van der Waals surface area (Å²) in [5.74, 6) is -1.82. The molecule has 0 unspecified atom stereocenters. The third kappa shape index (κ3) is 4.11. The molecule has 4 nitrogen and oxygen atoms in total. The highest BCUT2D eigenvalue weighted by Gasteiger charge is 2.34. The van der Waals surface area contributed by atoms with Crippen LogP contribution in [-0.2, 0) is 16.3 Å². The number of anilines is 1. The van der Waals surface area contributed by atoms with E-state index in [2.05, 4.69) is 36.1 Å². The average Bonchev–Trinajstić information content (AvgIpc) is 3.24. The number of aromatic nitrogens is 1. The number of hydrogen-bond acceptors (Lipinski definition) is 5.